The molecule has 0 spiro atoms. The van der Waals surface area contributed by atoms with Crippen molar-refractivity contribution in [1.29, 1.82) is 0 Å². The molecule has 0 fully saturated rings. The van der Waals surface area contributed by atoms with Gasteiger partial charge in [-0.1, -0.05) is 274 Å². The van der Waals surface area contributed by atoms with Crippen molar-refractivity contribution in [3.8, 4) is 28.4 Å². The van der Waals surface area contributed by atoms with Gasteiger partial charge in [0.1, 0.15) is 5.82 Å². The maximum Gasteiger partial charge on any atom is 0.179 e. The number of benzene rings is 11. The van der Waals surface area contributed by atoms with Gasteiger partial charge in [0, 0.05) is 50.0 Å². The number of anilines is 2. The van der Waals surface area contributed by atoms with Crippen molar-refractivity contribution in [2.45, 2.75) is 78.6 Å². The van der Waals surface area contributed by atoms with Crippen LogP contribution in [0.25, 0.3) is 82.1 Å². The Morgan fingerprint density at radius 3 is 1.60 bits per heavy atom. The van der Waals surface area contributed by atoms with E-state index >= 15 is 0 Å². The zero-order valence-corrected chi connectivity index (χ0v) is 56.2. The molecule has 1 aliphatic rings. The molecule has 0 saturated heterocycles. The molecule has 5 nitrogen and oxygen atoms in total. The van der Waals surface area contributed by atoms with Gasteiger partial charge in [-0.05, 0) is 144 Å². The number of hydrogen-bond donors (Lipinski definition) is 0. The predicted molar refractivity (Wildman–Crippen MR) is 382 cm³/mol. The van der Waals surface area contributed by atoms with Gasteiger partial charge in [-0.3, -0.25) is 0 Å². The minimum absolute atomic E-state index is 0. The van der Waals surface area contributed by atoms with E-state index in [1.807, 2.05) is 18.3 Å². The largest absolute Gasteiger partial charge is 0.509 e. The summed E-state index contributed by atoms with van der Waals surface area (Å²) in [4.78, 5) is 7.25. The summed E-state index contributed by atoms with van der Waals surface area (Å²) >= 11 is 0. The summed E-state index contributed by atoms with van der Waals surface area (Å²) in [6, 6.07) is 102. The van der Waals surface area contributed by atoms with Crippen LogP contribution in [-0.2, 0) is 37.3 Å². The van der Waals surface area contributed by atoms with Gasteiger partial charge in [-0.15, -0.1) is 35.7 Å². The van der Waals surface area contributed by atoms with Crippen molar-refractivity contribution in [2.75, 3.05) is 4.90 Å². The molecule has 0 unspecified atom stereocenters. The molecule has 3 aromatic heterocycles. The van der Waals surface area contributed by atoms with Crippen LogP contribution in [0.1, 0.15) is 79.0 Å². The minimum Gasteiger partial charge on any atom is -0.509 e. The van der Waals surface area contributed by atoms with E-state index < -0.39 is 8.07 Å². The molecule has 7 heteroatoms. The van der Waals surface area contributed by atoms with Gasteiger partial charge in [0.15, 0.2) is 8.07 Å². The number of para-hydroxylation sites is 3. The van der Waals surface area contributed by atoms with E-state index in [9.17, 15) is 0 Å². The zero-order chi connectivity index (χ0) is 61.7. The first-order valence-corrected chi connectivity index (χ1v) is 33.4. The van der Waals surface area contributed by atoms with E-state index in [2.05, 4.69) is 338 Å². The Kier molecular flexibility index (Phi) is 14.8. The standard InChI is InChI=1S/C84H71N4OSi.Pt/c1-82(2,3)57-42-44-70-68-34-19-20-35-69(68)73-39-25-41-77-81(73)87(55-86(77)60-26-23-27-61(53-60)89-62-43-45-72-71-36-21-22-40-76(71)88(78(72)54-62)79-52-58(46-47-85-79)83(4,5)6)80-67(37-24-38-74(80)75(70)51-57)56-48-59(84(7,8)9)50-66(49-56)90(63-28-13-10-14-29-63,64-30-15-11-16-31-64)65-32-17-12-18-33-65;/h10-52,55H,1-9H3;/q-3;. The summed E-state index contributed by atoms with van der Waals surface area (Å²) in [5, 5.41) is 14.6. The Labute approximate surface area is 549 Å². The number of ether oxygens (including phenoxy) is 1. The molecule has 4 heterocycles. The maximum atomic E-state index is 6.92. The molecule has 450 valence electrons. The van der Waals surface area contributed by atoms with E-state index in [4.69, 9.17) is 9.72 Å². The fraction of sp³-hybridized carbons (Fsp3) is 0.143. The summed E-state index contributed by atoms with van der Waals surface area (Å²) in [5.41, 5.74) is 11.7. The third-order valence-electron chi connectivity index (χ3n) is 18.5. The first kappa shape index (κ1) is 59.2. The third-order valence-corrected chi connectivity index (χ3v) is 23.3. The van der Waals surface area contributed by atoms with Gasteiger partial charge >= 0.3 is 0 Å². The van der Waals surface area contributed by atoms with Gasteiger partial charge in [0.25, 0.3) is 0 Å². The first-order valence-electron chi connectivity index (χ1n) is 31.4. The molecule has 0 amide bonds. The minimum atomic E-state index is -3.03. The van der Waals surface area contributed by atoms with Gasteiger partial charge in [0.05, 0.1) is 0 Å². The van der Waals surface area contributed by atoms with Crippen molar-refractivity contribution >= 4 is 105 Å². The number of nitrogens with zero attached hydrogens (tertiary/aromatic N) is 4. The van der Waals surface area contributed by atoms with Crippen LogP contribution in [0.2, 0.25) is 0 Å². The zero-order valence-electron chi connectivity index (χ0n) is 52.9. The van der Waals surface area contributed by atoms with Crippen LogP contribution >= 0.6 is 0 Å². The van der Waals surface area contributed by atoms with Crippen LogP contribution in [0.15, 0.2) is 261 Å². The van der Waals surface area contributed by atoms with Crippen LogP contribution in [-0.4, -0.2) is 22.2 Å². The summed E-state index contributed by atoms with van der Waals surface area (Å²) in [7, 11) is -3.03. The average molecular weight is 1380 g/mol. The molecule has 0 atom stereocenters. The van der Waals surface area contributed by atoms with Crippen molar-refractivity contribution < 1.29 is 25.8 Å². The SMILES string of the molecule is CC(C)(C)c1cc(-c2cccc3c4cc(C(C)(C)C)ccc4c4ccccc4c4cccc5c4n(c23)[CH-]N5c2[c-]c(Oc3[c-]c4c(cc3)c3ccccc3n4-c3cc(C(C)(C)C)ccn3)ccc2)cc([Si](c2ccccc2)(c2ccccc2)c2ccccc2)c1.[Pt]. The number of aromatic nitrogens is 3. The van der Waals surface area contributed by atoms with Crippen LogP contribution in [0, 0.1) is 18.8 Å². The Hall–Kier alpha value is -9.45. The normalized spacial score (nSPS) is 12.6. The Morgan fingerprint density at radius 2 is 0.945 bits per heavy atom. The van der Waals surface area contributed by atoms with Crippen molar-refractivity contribution in [1.82, 2.24) is 14.1 Å². The van der Waals surface area contributed by atoms with Crippen molar-refractivity contribution in [3.63, 3.8) is 0 Å². The Bertz CT molecular complexity index is 5110. The number of pyridine rings is 1. The molecule has 14 aromatic rings. The van der Waals surface area contributed by atoms with Gasteiger partial charge in [0.2, 0.25) is 0 Å². The van der Waals surface area contributed by atoms with E-state index in [-0.39, 0.29) is 37.3 Å². The molecule has 0 radical (unpaired) electrons. The van der Waals surface area contributed by atoms with Crippen molar-refractivity contribution in [2.24, 2.45) is 0 Å². The molecular weight excluding hydrogens is 1300 g/mol. The number of fused-ring (bicyclic) bond motifs is 10. The summed E-state index contributed by atoms with van der Waals surface area (Å²) in [6.45, 7) is 23.1. The topological polar surface area (TPSA) is 35.2 Å². The van der Waals surface area contributed by atoms with Crippen LogP contribution < -0.4 is 30.4 Å². The quantitative estimate of drug-likeness (QED) is 0.0821. The summed E-state index contributed by atoms with van der Waals surface area (Å²) in [6.07, 6.45) is 1.91. The second kappa shape index (κ2) is 22.8. The molecule has 0 bridgehead atoms. The van der Waals surface area contributed by atoms with Gasteiger partial charge in [-0.25, -0.2) is 4.98 Å². The number of rotatable bonds is 9. The molecule has 0 N–H and O–H groups in total. The molecule has 1 aliphatic heterocycles. The van der Waals surface area contributed by atoms with E-state index in [0.29, 0.717) is 11.5 Å². The predicted octanol–water partition coefficient (Wildman–Crippen LogP) is 19.2. The first-order chi connectivity index (χ1) is 43.5. The third kappa shape index (κ3) is 10.2. The molecule has 11 aromatic carbocycles. The smallest absolute Gasteiger partial charge is 0.179 e. The van der Waals surface area contributed by atoms with Gasteiger partial charge in [-0.2, -0.15) is 12.1 Å². The maximum absolute atomic E-state index is 6.92. The van der Waals surface area contributed by atoms with Crippen molar-refractivity contribution in [3.05, 3.63) is 296 Å². The van der Waals surface area contributed by atoms with Crippen LogP contribution in [0.5, 0.6) is 11.5 Å². The fourth-order valence-electron chi connectivity index (χ4n) is 13.9. The molecule has 91 heavy (non-hydrogen) atoms. The second-order valence-corrected chi connectivity index (χ2v) is 31.1. The molecule has 15 rings (SSSR count). The Morgan fingerprint density at radius 1 is 0.407 bits per heavy atom. The number of hydrogen-bond acceptors (Lipinski definition) is 3. The van der Waals surface area contributed by atoms with E-state index in [0.717, 1.165) is 71.9 Å². The van der Waals surface area contributed by atoms with Crippen LogP contribution in [0.4, 0.5) is 11.4 Å². The second-order valence-electron chi connectivity index (χ2n) is 27.3. The molecule has 0 saturated carbocycles. The summed E-state index contributed by atoms with van der Waals surface area (Å²) in [5.74, 6) is 2.01. The average Bonchev–Trinajstić information content (AvgIpc) is 1.73. The van der Waals surface area contributed by atoms with E-state index in [1.54, 1.807) is 0 Å². The Balaban J connectivity index is 0.00000721. The monoisotopic (exact) mass is 1370 g/mol. The van der Waals surface area contributed by atoms with Gasteiger partial charge < -0.3 is 18.8 Å². The molecule has 0 aliphatic carbocycles. The fourth-order valence-corrected chi connectivity index (χ4v) is 18.7. The van der Waals surface area contributed by atoms with Crippen LogP contribution in [0.3, 0.4) is 0 Å². The molecular formula is C84H71N4OPtSi-3. The summed E-state index contributed by atoms with van der Waals surface area (Å²) < 4.78 is 11.6. The van der Waals surface area contributed by atoms with E-state index in [1.165, 1.54) is 59.0 Å².